The minimum Gasteiger partial charge on any atom is -0.505 e. The van der Waals surface area contributed by atoms with Crippen molar-refractivity contribution in [1.82, 2.24) is 15.2 Å². The van der Waals surface area contributed by atoms with Crippen LogP contribution in [0.1, 0.15) is 29.8 Å². The van der Waals surface area contributed by atoms with Gasteiger partial charge in [0.15, 0.2) is 5.69 Å². The fourth-order valence-corrected chi connectivity index (χ4v) is 2.50. The van der Waals surface area contributed by atoms with Crippen LogP contribution >= 0.6 is 0 Å². The third kappa shape index (κ3) is 2.31. The maximum absolute atomic E-state index is 12.0. The zero-order valence-corrected chi connectivity index (χ0v) is 10.2. The maximum atomic E-state index is 12.0. The molecule has 1 saturated carbocycles. The number of pyridine rings is 1. The van der Waals surface area contributed by atoms with Crippen molar-refractivity contribution in [2.24, 2.45) is 0 Å². The first-order valence-electron chi connectivity index (χ1n) is 6.43. The maximum Gasteiger partial charge on any atom is 0.273 e. The summed E-state index contributed by atoms with van der Waals surface area (Å²) in [5.74, 6) is -0.345. The Hall–Kier alpha value is -1.62. The van der Waals surface area contributed by atoms with Crippen LogP contribution in [0.4, 0.5) is 0 Å². The third-order valence-electron chi connectivity index (χ3n) is 3.62. The number of likely N-dealkylation sites (tertiary alicyclic amines) is 1. The molecule has 2 aliphatic rings. The topological polar surface area (TPSA) is 65.5 Å². The number of hydrogen-bond acceptors (Lipinski definition) is 4. The van der Waals surface area contributed by atoms with Crippen LogP contribution < -0.4 is 5.32 Å². The second-order valence-electron chi connectivity index (χ2n) is 5.06. The first kappa shape index (κ1) is 11.5. The fraction of sp³-hybridized carbons (Fsp3) is 0.538. The number of carbonyl (C=O) groups excluding carboxylic acids is 1. The van der Waals surface area contributed by atoms with E-state index in [1.54, 1.807) is 6.07 Å². The molecule has 5 heteroatoms. The van der Waals surface area contributed by atoms with E-state index in [9.17, 15) is 9.90 Å². The highest BCUT2D eigenvalue weighted by atomic mass is 16.3. The van der Waals surface area contributed by atoms with Crippen LogP contribution in [0.5, 0.6) is 5.75 Å². The summed E-state index contributed by atoms with van der Waals surface area (Å²) < 4.78 is 0. The monoisotopic (exact) mass is 247 g/mol. The van der Waals surface area contributed by atoms with Crippen molar-refractivity contribution in [2.45, 2.75) is 31.3 Å². The summed E-state index contributed by atoms with van der Waals surface area (Å²) in [5.41, 5.74) is 0.113. The number of nitrogens with zero attached hydrogens (tertiary/aromatic N) is 2. The van der Waals surface area contributed by atoms with Gasteiger partial charge in [-0.2, -0.15) is 0 Å². The largest absolute Gasteiger partial charge is 0.505 e. The quantitative estimate of drug-likeness (QED) is 0.827. The van der Waals surface area contributed by atoms with Crippen molar-refractivity contribution in [3.63, 3.8) is 0 Å². The van der Waals surface area contributed by atoms with Gasteiger partial charge >= 0.3 is 0 Å². The Morgan fingerprint density at radius 2 is 2.28 bits per heavy atom. The Morgan fingerprint density at radius 3 is 3.00 bits per heavy atom. The molecule has 1 aliphatic heterocycles. The van der Waals surface area contributed by atoms with E-state index in [0.29, 0.717) is 0 Å². The number of aromatic nitrogens is 1. The standard InChI is InChI=1S/C13H17N3O2/c17-11-2-1-6-14-12(11)13(18)15-9-5-7-16(8-9)10-3-4-10/h1-2,6,9-10,17H,3-5,7-8H2,(H,15,18). The summed E-state index contributed by atoms with van der Waals surface area (Å²) in [6.07, 6.45) is 5.08. The van der Waals surface area contributed by atoms with Crippen LogP contribution in [-0.2, 0) is 0 Å². The second kappa shape index (κ2) is 4.57. The molecule has 1 aliphatic carbocycles. The molecule has 0 spiro atoms. The Bertz CT molecular complexity index is 459. The van der Waals surface area contributed by atoms with E-state index in [2.05, 4.69) is 15.2 Å². The SMILES string of the molecule is O=C(NC1CCN(C2CC2)C1)c1ncccc1O. The third-order valence-corrected chi connectivity index (χ3v) is 3.62. The summed E-state index contributed by atoms with van der Waals surface area (Å²) in [5, 5.41) is 12.5. The summed E-state index contributed by atoms with van der Waals surface area (Å²) in [7, 11) is 0. The molecule has 1 atom stereocenters. The Labute approximate surface area is 106 Å². The number of hydrogen-bond donors (Lipinski definition) is 2. The molecule has 1 saturated heterocycles. The highest BCUT2D eigenvalue weighted by molar-refractivity contribution is 5.94. The Kier molecular flexibility index (Phi) is 2.91. The van der Waals surface area contributed by atoms with E-state index < -0.39 is 0 Å². The van der Waals surface area contributed by atoms with Gasteiger partial charge in [0.25, 0.3) is 5.91 Å². The molecule has 1 amide bonds. The van der Waals surface area contributed by atoms with Gasteiger partial charge in [0.1, 0.15) is 5.75 Å². The minimum absolute atomic E-state index is 0.0629. The molecule has 18 heavy (non-hydrogen) atoms. The second-order valence-corrected chi connectivity index (χ2v) is 5.06. The number of nitrogens with one attached hydrogen (secondary N) is 1. The summed E-state index contributed by atoms with van der Waals surface area (Å²) in [6, 6.07) is 4.01. The van der Waals surface area contributed by atoms with Gasteiger partial charge in [-0.1, -0.05) is 0 Å². The molecule has 0 aromatic carbocycles. The van der Waals surface area contributed by atoms with Crippen molar-refractivity contribution < 1.29 is 9.90 Å². The summed E-state index contributed by atoms with van der Waals surface area (Å²) >= 11 is 0. The van der Waals surface area contributed by atoms with Gasteiger partial charge in [0.05, 0.1) is 0 Å². The van der Waals surface area contributed by atoms with E-state index in [1.165, 1.54) is 25.1 Å². The number of aromatic hydroxyl groups is 1. The molecule has 1 unspecified atom stereocenters. The highest BCUT2D eigenvalue weighted by Gasteiger charge is 2.35. The van der Waals surface area contributed by atoms with Gasteiger partial charge in [-0.25, -0.2) is 4.98 Å². The van der Waals surface area contributed by atoms with Crippen LogP contribution in [-0.4, -0.2) is 46.1 Å². The van der Waals surface area contributed by atoms with E-state index in [0.717, 1.165) is 25.6 Å². The van der Waals surface area contributed by atoms with Crippen LogP contribution in [0.2, 0.25) is 0 Å². The van der Waals surface area contributed by atoms with E-state index in [-0.39, 0.29) is 23.4 Å². The summed E-state index contributed by atoms with van der Waals surface area (Å²) in [6.45, 7) is 1.98. The van der Waals surface area contributed by atoms with Crippen molar-refractivity contribution in [3.05, 3.63) is 24.0 Å². The van der Waals surface area contributed by atoms with Crippen molar-refractivity contribution in [2.75, 3.05) is 13.1 Å². The molecular formula is C13H17N3O2. The lowest BCUT2D eigenvalue weighted by Crippen LogP contribution is -2.37. The average molecular weight is 247 g/mol. The molecular weight excluding hydrogens is 230 g/mol. The van der Waals surface area contributed by atoms with Gasteiger partial charge in [-0.05, 0) is 31.4 Å². The normalized spacial score (nSPS) is 24.1. The van der Waals surface area contributed by atoms with Gasteiger partial charge in [0.2, 0.25) is 0 Å². The number of amides is 1. The lowest BCUT2D eigenvalue weighted by atomic mass is 10.2. The van der Waals surface area contributed by atoms with Crippen molar-refractivity contribution in [1.29, 1.82) is 0 Å². The first-order valence-corrected chi connectivity index (χ1v) is 6.43. The van der Waals surface area contributed by atoms with Crippen LogP contribution in [0.15, 0.2) is 18.3 Å². The molecule has 96 valence electrons. The van der Waals surface area contributed by atoms with Gasteiger partial charge < -0.3 is 10.4 Å². The van der Waals surface area contributed by atoms with Crippen LogP contribution in [0.3, 0.4) is 0 Å². The fourth-order valence-electron chi connectivity index (χ4n) is 2.50. The van der Waals surface area contributed by atoms with Crippen LogP contribution in [0, 0.1) is 0 Å². The molecule has 2 N–H and O–H groups in total. The van der Waals surface area contributed by atoms with Crippen molar-refractivity contribution >= 4 is 5.91 Å². The van der Waals surface area contributed by atoms with Crippen LogP contribution in [0.25, 0.3) is 0 Å². The number of carbonyl (C=O) groups is 1. The zero-order valence-electron chi connectivity index (χ0n) is 10.2. The lowest BCUT2D eigenvalue weighted by molar-refractivity contribution is 0.0929. The van der Waals surface area contributed by atoms with Gasteiger partial charge in [-0.15, -0.1) is 0 Å². The highest BCUT2D eigenvalue weighted by Crippen LogP contribution is 2.29. The molecule has 2 fully saturated rings. The van der Waals surface area contributed by atoms with E-state index in [4.69, 9.17) is 0 Å². The predicted octanol–water partition coefficient (Wildman–Crippen LogP) is 0.754. The summed E-state index contributed by atoms with van der Waals surface area (Å²) in [4.78, 5) is 18.3. The van der Waals surface area contributed by atoms with E-state index in [1.807, 2.05) is 0 Å². The molecule has 0 bridgehead atoms. The zero-order chi connectivity index (χ0) is 12.5. The minimum atomic E-state index is -0.282. The smallest absolute Gasteiger partial charge is 0.273 e. The lowest BCUT2D eigenvalue weighted by Gasteiger charge is -2.15. The molecule has 2 heterocycles. The first-order chi connectivity index (χ1) is 8.74. The number of rotatable bonds is 3. The molecule has 0 radical (unpaired) electrons. The van der Waals surface area contributed by atoms with E-state index >= 15 is 0 Å². The van der Waals surface area contributed by atoms with Gasteiger partial charge in [0, 0.05) is 31.4 Å². The molecule has 3 rings (SSSR count). The molecule has 1 aromatic rings. The van der Waals surface area contributed by atoms with Crippen molar-refractivity contribution in [3.8, 4) is 5.75 Å². The van der Waals surface area contributed by atoms with Gasteiger partial charge in [-0.3, -0.25) is 9.69 Å². The molecule has 5 nitrogen and oxygen atoms in total. The Morgan fingerprint density at radius 1 is 1.44 bits per heavy atom. The Balaban J connectivity index is 1.60. The average Bonchev–Trinajstić information content (AvgIpc) is 3.11. The molecule has 1 aromatic heterocycles. The predicted molar refractivity (Wildman–Crippen MR) is 66.4 cm³/mol.